The van der Waals surface area contributed by atoms with Crippen LogP contribution in [-0.2, 0) is 17.8 Å². The minimum atomic E-state index is 0.406. The van der Waals surface area contributed by atoms with Gasteiger partial charge in [0.1, 0.15) is 18.4 Å². The van der Waals surface area contributed by atoms with Gasteiger partial charge in [-0.25, -0.2) is 9.97 Å². The summed E-state index contributed by atoms with van der Waals surface area (Å²) in [6.07, 6.45) is 13.7. The predicted molar refractivity (Wildman–Crippen MR) is 145 cm³/mol. The topological polar surface area (TPSA) is 86.8 Å². The SMILES string of the molecule is CNc1ccc2c(c1)CN(c1ncnc3c(C)cc(-c4cn[nH]c4)cc13)CC2.O=CC1CCCCC1. The third-order valence-corrected chi connectivity index (χ3v) is 7.39. The van der Waals surface area contributed by atoms with Crippen LogP contribution in [-0.4, -0.2) is 40.0 Å². The van der Waals surface area contributed by atoms with Crippen molar-refractivity contribution in [1.82, 2.24) is 20.2 Å². The molecule has 0 spiro atoms. The smallest absolute Gasteiger partial charge is 0.140 e. The number of rotatable bonds is 4. The highest BCUT2D eigenvalue weighted by Crippen LogP contribution is 2.33. The Morgan fingerprint density at radius 2 is 1.92 bits per heavy atom. The molecule has 7 heteroatoms. The molecule has 2 aromatic heterocycles. The molecule has 6 rings (SSSR count). The van der Waals surface area contributed by atoms with Gasteiger partial charge in [-0.2, -0.15) is 5.10 Å². The Bertz CT molecular complexity index is 1330. The number of aldehydes is 1. The largest absolute Gasteiger partial charge is 0.388 e. The summed E-state index contributed by atoms with van der Waals surface area (Å²) in [6, 6.07) is 11.0. The summed E-state index contributed by atoms with van der Waals surface area (Å²) in [7, 11) is 1.96. The van der Waals surface area contributed by atoms with Gasteiger partial charge in [0.15, 0.2) is 0 Å². The van der Waals surface area contributed by atoms with Crippen LogP contribution < -0.4 is 10.2 Å². The molecule has 1 fully saturated rings. The van der Waals surface area contributed by atoms with Gasteiger partial charge in [-0.15, -0.1) is 0 Å². The fourth-order valence-electron chi connectivity index (χ4n) is 5.32. The minimum absolute atomic E-state index is 0.406. The molecule has 4 aromatic rings. The normalized spacial score (nSPS) is 15.7. The van der Waals surface area contributed by atoms with Crippen LogP contribution in [0.1, 0.15) is 48.8 Å². The molecule has 0 atom stereocenters. The number of nitrogens with zero attached hydrogens (tertiary/aromatic N) is 4. The molecule has 2 aliphatic rings. The van der Waals surface area contributed by atoms with E-state index in [1.54, 1.807) is 6.33 Å². The number of H-pyrrole nitrogens is 1. The van der Waals surface area contributed by atoms with Crippen LogP contribution in [0.3, 0.4) is 0 Å². The molecule has 1 aliphatic heterocycles. The standard InChI is InChI=1S/C22H22N6.C7H12O/c1-14-7-16(18-10-26-27-11-18)9-20-21(14)24-13-25-22(20)28-6-5-15-3-4-19(23-2)8-17(15)12-28;8-6-7-4-2-1-3-5-7/h3-4,7-11,13,23H,5-6,12H2,1-2H3,(H,26,27);6-7H,1-5H2. The Morgan fingerprint density at radius 1 is 1.06 bits per heavy atom. The van der Waals surface area contributed by atoms with E-state index in [9.17, 15) is 4.79 Å². The first-order valence-corrected chi connectivity index (χ1v) is 12.9. The Kier molecular flexibility index (Phi) is 7.26. The first kappa shape index (κ1) is 24.0. The number of benzene rings is 2. The van der Waals surface area contributed by atoms with E-state index in [2.05, 4.69) is 67.6 Å². The fraction of sp³-hybridized carbons (Fsp3) is 0.379. The van der Waals surface area contributed by atoms with Crippen LogP contribution in [0, 0.1) is 12.8 Å². The fourth-order valence-corrected chi connectivity index (χ4v) is 5.32. The Morgan fingerprint density at radius 3 is 2.64 bits per heavy atom. The molecule has 2 aromatic carbocycles. The van der Waals surface area contributed by atoms with E-state index in [1.165, 1.54) is 30.4 Å². The van der Waals surface area contributed by atoms with Crippen LogP contribution >= 0.6 is 0 Å². The molecule has 0 bridgehead atoms. The quantitative estimate of drug-likeness (QED) is 0.363. The van der Waals surface area contributed by atoms with Crippen LogP contribution in [0.15, 0.2) is 49.1 Å². The number of anilines is 2. The number of aryl methyl sites for hydroxylation is 1. The number of hydrogen-bond donors (Lipinski definition) is 2. The van der Waals surface area contributed by atoms with E-state index < -0.39 is 0 Å². The molecule has 2 N–H and O–H groups in total. The zero-order valence-corrected chi connectivity index (χ0v) is 21.1. The van der Waals surface area contributed by atoms with E-state index >= 15 is 0 Å². The third-order valence-electron chi connectivity index (χ3n) is 7.39. The Balaban J connectivity index is 0.000000286. The first-order chi connectivity index (χ1) is 17.7. The summed E-state index contributed by atoms with van der Waals surface area (Å²) >= 11 is 0. The molecule has 0 radical (unpaired) electrons. The number of carbonyl (C=O) groups excluding carboxylic acids is 1. The number of aromatic amines is 1. The lowest BCUT2D eigenvalue weighted by molar-refractivity contribution is -0.111. The van der Waals surface area contributed by atoms with Gasteiger partial charge in [-0.3, -0.25) is 5.10 Å². The van der Waals surface area contributed by atoms with Crippen LogP contribution in [0.4, 0.5) is 11.5 Å². The molecule has 1 saturated carbocycles. The van der Waals surface area contributed by atoms with Gasteiger partial charge in [0.2, 0.25) is 0 Å². The second-order valence-corrected chi connectivity index (χ2v) is 9.81. The highest BCUT2D eigenvalue weighted by Gasteiger charge is 2.21. The van der Waals surface area contributed by atoms with Gasteiger partial charge in [0.05, 0.1) is 11.7 Å². The molecular formula is C29H34N6O. The maximum Gasteiger partial charge on any atom is 0.140 e. The van der Waals surface area contributed by atoms with Crippen molar-refractivity contribution in [1.29, 1.82) is 0 Å². The molecule has 0 amide bonds. The number of fused-ring (bicyclic) bond motifs is 2. The summed E-state index contributed by atoms with van der Waals surface area (Å²) < 4.78 is 0. The van der Waals surface area contributed by atoms with Crippen molar-refractivity contribution < 1.29 is 4.79 Å². The van der Waals surface area contributed by atoms with Crippen LogP contribution in [0.25, 0.3) is 22.0 Å². The average Bonchev–Trinajstić information content (AvgIpc) is 3.48. The number of aromatic nitrogens is 4. The van der Waals surface area contributed by atoms with E-state index in [0.717, 1.165) is 77.7 Å². The van der Waals surface area contributed by atoms with Gasteiger partial charge in [0.25, 0.3) is 0 Å². The maximum absolute atomic E-state index is 10.2. The number of hydrogen-bond acceptors (Lipinski definition) is 6. The van der Waals surface area contributed by atoms with E-state index in [1.807, 2.05) is 19.4 Å². The van der Waals surface area contributed by atoms with Gasteiger partial charge in [-0.1, -0.05) is 25.3 Å². The average molecular weight is 483 g/mol. The van der Waals surface area contributed by atoms with Crippen molar-refractivity contribution in [3.63, 3.8) is 0 Å². The van der Waals surface area contributed by atoms with Crippen molar-refractivity contribution in [2.75, 3.05) is 23.8 Å². The summed E-state index contributed by atoms with van der Waals surface area (Å²) in [5, 5.41) is 11.3. The summed E-state index contributed by atoms with van der Waals surface area (Å²) in [5.41, 5.74) is 8.27. The molecule has 1 aliphatic carbocycles. The van der Waals surface area contributed by atoms with Crippen molar-refractivity contribution >= 4 is 28.7 Å². The van der Waals surface area contributed by atoms with Gasteiger partial charge in [0, 0.05) is 48.9 Å². The highest BCUT2D eigenvalue weighted by molar-refractivity contribution is 5.95. The predicted octanol–water partition coefficient (Wildman–Crippen LogP) is 5.70. The monoisotopic (exact) mass is 482 g/mol. The first-order valence-electron chi connectivity index (χ1n) is 12.9. The summed E-state index contributed by atoms with van der Waals surface area (Å²) in [6.45, 7) is 3.91. The molecule has 0 unspecified atom stereocenters. The third kappa shape index (κ3) is 5.10. The molecule has 3 heterocycles. The van der Waals surface area contributed by atoms with E-state index in [0.29, 0.717) is 5.92 Å². The minimum Gasteiger partial charge on any atom is -0.388 e. The lowest BCUT2D eigenvalue weighted by Gasteiger charge is -2.31. The van der Waals surface area contributed by atoms with Crippen molar-refractivity contribution in [2.24, 2.45) is 5.92 Å². The van der Waals surface area contributed by atoms with Crippen molar-refractivity contribution in [3.05, 3.63) is 65.7 Å². The second-order valence-electron chi connectivity index (χ2n) is 9.81. The van der Waals surface area contributed by atoms with Gasteiger partial charge < -0.3 is 15.0 Å². The maximum atomic E-state index is 10.2. The molecule has 7 nitrogen and oxygen atoms in total. The van der Waals surface area contributed by atoms with Crippen molar-refractivity contribution in [3.8, 4) is 11.1 Å². The summed E-state index contributed by atoms with van der Waals surface area (Å²) in [4.78, 5) is 21.8. The van der Waals surface area contributed by atoms with Crippen LogP contribution in [0.5, 0.6) is 0 Å². The highest BCUT2D eigenvalue weighted by atomic mass is 16.1. The number of nitrogens with one attached hydrogen (secondary N) is 2. The molecule has 0 saturated heterocycles. The Hall–Kier alpha value is -3.74. The van der Waals surface area contributed by atoms with E-state index in [4.69, 9.17) is 0 Å². The number of carbonyl (C=O) groups is 1. The van der Waals surface area contributed by atoms with Crippen LogP contribution in [0.2, 0.25) is 0 Å². The summed E-state index contributed by atoms with van der Waals surface area (Å²) in [5.74, 6) is 1.41. The zero-order chi connectivity index (χ0) is 24.9. The second kappa shape index (κ2) is 10.9. The molecular weight excluding hydrogens is 448 g/mol. The zero-order valence-electron chi connectivity index (χ0n) is 21.1. The lowest BCUT2D eigenvalue weighted by atomic mass is 9.91. The van der Waals surface area contributed by atoms with Gasteiger partial charge in [-0.05, 0) is 72.7 Å². The van der Waals surface area contributed by atoms with E-state index in [-0.39, 0.29) is 0 Å². The molecule has 186 valence electrons. The molecule has 36 heavy (non-hydrogen) atoms. The van der Waals surface area contributed by atoms with Gasteiger partial charge >= 0.3 is 0 Å². The Labute approximate surface area is 212 Å². The lowest BCUT2D eigenvalue weighted by Crippen LogP contribution is -2.31. The van der Waals surface area contributed by atoms with Crippen molar-refractivity contribution in [2.45, 2.75) is 52.0 Å².